The largest absolute Gasteiger partial charge is 0.335 e. The number of allylic oxidation sites excluding steroid dienone is 2. The number of carbonyl (C=O) groups is 4. The van der Waals surface area contributed by atoms with Crippen molar-refractivity contribution in [1.82, 2.24) is 5.32 Å². The molecule has 1 unspecified atom stereocenters. The molecular weight excluding hydrogens is 310 g/mol. The molecule has 1 saturated heterocycles. The number of rotatable bonds is 4. The number of barbiturate groups is 1. The highest BCUT2D eigenvalue weighted by atomic mass is 16.2. The number of anilines is 1. The van der Waals surface area contributed by atoms with Crippen molar-refractivity contribution in [3.05, 3.63) is 42.0 Å². The number of imide groups is 2. The number of hydrogen-bond donors (Lipinski definition) is 1. The van der Waals surface area contributed by atoms with Crippen LogP contribution in [0.2, 0.25) is 0 Å². The molecule has 0 saturated carbocycles. The van der Waals surface area contributed by atoms with Gasteiger partial charge in [0.25, 0.3) is 11.8 Å². The zero-order valence-electron chi connectivity index (χ0n) is 13.2. The molecule has 1 atom stereocenters. The van der Waals surface area contributed by atoms with Gasteiger partial charge >= 0.3 is 6.03 Å². The molecule has 1 heterocycles. The van der Waals surface area contributed by atoms with Crippen LogP contribution in [0.15, 0.2) is 36.4 Å². The minimum absolute atomic E-state index is 0.0288. The Hall–Kier alpha value is -3.27. The van der Waals surface area contributed by atoms with Crippen molar-refractivity contribution >= 4 is 29.3 Å². The van der Waals surface area contributed by atoms with Crippen molar-refractivity contribution in [3.63, 3.8) is 0 Å². The fourth-order valence-electron chi connectivity index (χ4n) is 2.55. The van der Waals surface area contributed by atoms with Crippen molar-refractivity contribution in [1.29, 1.82) is 5.26 Å². The van der Waals surface area contributed by atoms with Crippen LogP contribution in [0.3, 0.4) is 0 Å². The second-order valence-corrected chi connectivity index (χ2v) is 5.26. The monoisotopic (exact) mass is 325 g/mol. The number of nitrogens with zero attached hydrogens (tertiary/aromatic N) is 2. The van der Waals surface area contributed by atoms with Crippen molar-refractivity contribution in [2.45, 2.75) is 20.3 Å². The molecule has 1 aliphatic rings. The van der Waals surface area contributed by atoms with E-state index in [-0.39, 0.29) is 17.7 Å². The van der Waals surface area contributed by atoms with E-state index in [1.54, 1.807) is 25.1 Å². The zero-order chi connectivity index (χ0) is 17.9. The predicted octanol–water partition coefficient (Wildman–Crippen LogP) is 1.68. The minimum atomic E-state index is -2.02. The quantitative estimate of drug-likeness (QED) is 0.669. The second kappa shape index (κ2) is 6.46. The predicted molar refractivity (Wildman–Crippen MR) is 84.7 cm³/mol. The third-order valence-electron chi connectivity index (χ3n) is 3.91. The summed E-state index contributed by atoms with van der Waals surface area (Å²) < 4.78 is 0. The lowest BCUT2D eigenvalue weighted by Gasteiger charge is -2.37. The summed E-state index contributed by atoms with van der Waals surface area (Å²) in [5.74, 6) is -2.58. The second-order valence-electron chi connectivity index (χ2n) is 5.26. The smallest absolute Gasteiger partial charge is 0.298 e. The van der Waals surface area contributed by atoms with E-state index in [4.69, 9.17) is 0 Å². The van der Waals surface area contributed by atoms with E-state index in [1.807, 2.05) is 6.07 Å². The Balaban J connectivity index is 2.64. The van der Waals surface area contributed by atoms with Gasteiger partial charge in [0.1, 0.15) is 6.07 Å². The molecule has 1 N–H and O–H groups in total. The van der Waals surface area contributed by atoms with Crippen molar-refractivity contribution < 1.29 is 19.2 Å². The maximum absolute atomic E-state index is 13.0. The molecule has 7 heteroatoms. The van der Waals surface area contributed by atoms with E-state index in [2.05, 4.69) is 5.32 Å². The van der Waals surface area contributed by atoms with Crippen LogP contribution >= 0.6 is 0 Å². The Morgan fingerprint density at radius 1 is 1.33 bits per heavy atom. The summed E-state index contributed by atoms with van der Waals surface area (Å²) in [6, 6.07) is 6.88. The molecule has 0 spiro atoms. The topological polar surface area (TPSA) is 107 Å². The molecule has 1 aromatic rings. The third-order valence-corrected chi connectivity index (χ3v) is 3.91. The van der Waals surface area contributed by atoms with E-state index in [1.165, 1.54) is 18.2 Å². The van der Waals surface area contributed by atoms with Gasteiger partial charge in [-0.15, -0.1) is 0 Å². The molecule has 24 heavy (non-hydrogen) atoms. The Morgan fingerprint density at radius 2 is 2.00 bits per heavy atom. The number of amides is 4. The van der Waals surface area contributed by atoms with Crippen molar-refractivity contribution in [3.8, 4) is 6.07 Å². The van der Waals surface area contributed by atoms with Gasteiger partial charge in [-0.05, 0) is 32.4 Å². The number of urea groups is 1. The van der Waals surface area contributed by atoms with Crippen molar-refractivity contribution in [2.75, 3.05) is 4.90 Å². The van der Waals surface area contributed by atoms with Crippen LogP contribution in [0, 0.1) is 16.7 Å². The summed E-state index contributed by atoms with van der Waals surface area (Å²) in [5, 5.41) is 11.2. The number of nitrogens with one attached hydrogen (secondary N) is 1. The van der Waals surface area contributed by atoms with Crippen LogP contribution in [0.1, 0.15) is 25.8 Å². The van der Waals surface area contributed by atoms with Gasteiger partial charge in [-0.2, -0.15) is 5.26 Å². The van der Waals surface area contributed by atoms with Crippen LogP contribution in [-0.2, 0) is 14.4 Å². The number of nitriles is 1. The standard InChI is InChI=1S/C17H15N3O4/c1-3-4-9-17(11(2)21)14(22)19-16(24)20(15(17)23)13-8-6-5-7-12(13)10-18/h3-8H,9H2,1-2H3,(H,19,22,24). The van der Waals surface area contributed by atoms with Gasteiger partial charge in [0, 0.05) is 0 Å². The van der Waals surface area contributed by atoms with Gasteiger partial charge in [0.15, 0.2) is 11.2 Å². The van der Waals surface area contributed by atoms with E-state index in [9.17, 15) is 24.4 Å². The lowest BCUT2D eigenvalue weighted by Crippen LogP contribution is -2.66. The van der Waals surface area contributed by atoms with Gasteiger partial charge in [0.05, 0.1) is 11.3 Å². The first-order valence-corrected chi connectivity index (χ1v) is 7.21. The molecule has 7 nitrogen and oxygen atoms in total. The number of para-hydroxylation sites is 1. The summed E-state index contributed by atoms with van der Waals surface area (Å²) in [5.41, 5.74) is -1.91. The summed E-state index contributed by atoms with van der Waals surface area (Å²) >= 11 is 0. The van der Waals surface area contributed by atoms with Crippen LogP contribution in [0.25, 0.3) is 0 Å². The molecule has 1 aromatic carbocycles. The maximum Gasteiger partial charge on any atom is 0.335 e. The Bertz CT molecular complexity index is 806. The lowest BCUT2D eigenvalue weighted by atomic mass is 9.76. The fourth-order valence-corrected chi connectivity index (χ4v) is 2.55. The fraction of sp³-hybridized carbons (Fsp3) is 0.235. The molecule has 1 aliphatic heterocycles. The highest BCUT2D eigenvalue weighted by molar-refractivity contribution is 6.37. The van der Waals surface area contributed by atoms with Crippen LogP contribution in [0.4, 0.5) is 10.5 Å². The normalized spacial score (nSPS) is 20.9. The third kappa shape index (κ3) is 2.48. The van der Waals surface area contributed by atoms with Gasteiger partial charge in [-0.3, -0.25) is 19.7 Å². The SMILES string of the molecule is CC=CCC1(C(C)=O)C(=O)NC(=O)N(c2ccccc2C#N)C1=O. The average molecular weight is 325 g/mol. The number of benzene rings is 1. The Morgan fingerprint density at radius 3 is 2.58 bits per heavy atom. The van der Waals surface area contributed by atoms with Crippen LogP contribution in [0.5, 0.6) is 0 Å². The molecule has 4 amide bonds. The zero-order valence-corrected chi connectivity index (χ0v) is 13.2. The van der Waals surface area contributed by atoms with Gasteiger partial charge in [-0.25, -0.2) is 9.69 Å². The Labute approximate surface area is 138 Å². The van der Waals surface area contributed by atoms with Gasteiger partial charge in [0.2, 0.25) is 0 Å². The van der Waals surface area contributed by atoms with Crippen molar-refractivity contribution in [2.24, 2.45) is 5.41 Å². The lowest BCUT2D eigenvalue weighted by molar-refractivity contribution is -0.149. The maximum atomic E-state index is 13.0. The molecule has 0 aromatic heterocycles. The summed E-state index contributed by atoms with van der Waals surface area (Å²) in [7, 11) is 0. The molecule has 0 aliphatic carbocycles. The highest BCUT2D eigenvalue weighted by Crippen LogP contribution is 2.34. The van der Waals surface area contributed by atoms with E-state index >= 15 is 0 Å². The molecule has 2 rings (SSSR count). The minimum Gasteiger partial charge on any atom is -0.298 e. The number of carbonyl (C=O) groups excluding carboxylic acids is 4. The molecule has 0 bridgehead atoms. The van der Waals surface area contributed by atoms with Crippen LogP contribution < -0.4 is 10.2 Å². The summed E-state index contributed by atoms with van der Waals surface area (Å²) in [6.07, 6.45) is 2.96. The first-order chi connectivity index (χ1) is 11.4. The van der Waals surface area contributed by atoms with Gasteiger partial charge < -0.3 is 0 Å². The number of hydrogen-bond acceptors (Lipinski definition) is 5. The highest BCUT2D eigenvalue weighted by Gasteiger charge is 2.57. The molecular formula is C17H15N3O4. The van der Waals surface area contributed by atoms with E-state index < -0.39 is 29.0 Å². The van der Waals surface area contributed by atoms with E-state index in [0.717, 1.165) is 6.92 Å². The first kappa shape index (κ1) is 17.1. The molecule has 1 fully saturated rings. The van der Waals surface area contributed by atoms with E-state index in [0.29, 0.717) is 4.90 Å². The summed E-state index contributed by atoms with van der Waals surface area (Å²) in [6.45, 7) is 2.82. The molecule has 122 valence electrons. The molecule has 0 radical (unpaired) electrons. The Kier molecular flexibility index (Phi) is 4.60. The number of Topliss-reactive ketones (excluding diaryl/α,β-unsaturated/α-hetero) is 1. The summed E-state index contributed by atoms with van der Waals surface area (Å²) in [4.78, 5) is 50.3. The average Bonchev–Trinajstić information content (AvgIpc) is 2.55. The van der Waals surface area contributed by atoms with Gasteiger partial charge in [-0.1, -0.05) is 24.3 Å². The first-order valence-electron chi connectivity index (χ1n) is 7.21. The number of ketones is 1. The van der Waals surface area contributed by atoms with Crippen LogP contribution in [-0.4, -0.2) is 23.6 Å².